The van der Waals surface area contributed by atoms with E-state index in [1.165, 1.54) is 18.7 Å². The Bertz CT molecular complexity index is 2430. The van der Waals surface area contributed by atoms with E-state index in [0.717, 1.165) is 4.90 Å². The lowest BCUT2D eigenvalue weighted by molar-refractivity contribution is -0.870. The highest BCUT2D eigenvalue weighted by atomic mass is 79.9. The van der Waals surface area contributed by atoms with Crippen LogP contribution in [-0.4, -0.2) is 221 Å². The number of rotatable bonds is 28. The molecule has 0 spiro atoms. The van der Waals surface area contributed by atoms with E-state index in [4.69, 9.17) is 32.7 Å². The van der Waals surface area contributed by atoms with Crippen molar-refractivity contribution in [3.05, 3.63) is 36.5 Å². The number of phosphoric ester groups is 2. The Labute approximate surface area is 483 Å². The number of esters is 4. The molecule has 0 radical (unpaired) electrons. The van der Waals surface area contributed by atoms with Crippen LogP contribution in [0.15, 0.2) is 36.5 Å². The van der Waals surface area contributed by atoms with Crippen molar-refractivity contribution in [2.75, 3.05) is 121 Å². The molecule has 11 unspecified atom stereocenters. The minimum absolute atomic E-state index is 0.00834. The molecule has 11 atom stereocenters. The summed E-state index contributed by atoms with van der Waals surface area (Å²) >= 11 is 6.49. The van der Waals surface area contributed by atoms with Gasteiger partial charge < -0.3 is 65.3 Å². The van der Waals surface area contributed by atoms with Gasteiger partial charge in [-0.2, -0.15) is 0 Å². The number of hydrogen-bond acceptors (Lipinski definition) is 22. The van der Waals surface area contributed by atoms with Gasteiger partial charge in [-0.3, -0.25) is 52.5 Å². The summed E-state index contributed by atoms with van der Waals surface area (Å²) in [6.45, 7) is 12.5. The first-order valence-corrected chi connectivity index (χ1v) is 30.1. The van der Waals surface area contributed by atoms with E-state index in [-0.39, 0.29) is 107 Å². The highest BCUT2D eigenvalue weighted by Gasteiger charge is 2.62. The topological polar surface area (TPSA) is 316 Å². The number of ether oxygens (including phenoxy) is 6. The maximum atomic E-state index is 12.8. The number of carbonyl (C=O) groups excluding carboxylic acids is 8. The molecule has 0 aromatic heterocycles. The number of phosphoric acid groups is 2. The maximum Gasteiger partial charge on any atom is 0.333 e. The van der Waals surface area contributed by atoms with Crippen molar-refractivity contribution in [2.45, 2.75) is 81.0 Å². The largest absolute Gasteiger partial charge is 0.756 e. The zero-order chi connectivity index (χ0) is 60.6. The predicted molar refractivity (Wildman–Crippen MR) is 285 cm³/mol. The van der Waals surface area contributed by atoms with Crippen molar-refractivity contribution >= 4 is 95.0 Å². The van der Waals surface area contributed by atoms with E-state index < -0.39 is 96.1 Å². The fourth-order valence-electron chi connectivity index (χ4n) is 8.74. The van der Waals surface area contributed by atoms with E-state index in [9.17, 15) is 57.3 Å². The Morgan fingerprint density at radius 1 is 0.562 bits per heavy atom. The summed E-state index contributed by atoms with van der Waals surface area (Å²) < 4.78 is 72.3. The zero-order valence-electron chi connectivity index (χ0n) is 47.2. The van der Waals surface area contributed by atoms with Crippen LogP contribution in [0.2, 0.25) is 0 Å². The molecule has 6 aliphatic rings. The number of likely N-dealkylation sites (N-methyl/N-ethyl adjacent to an activating group) is 2. The zero-order valence-corrected chi connectivity index (χ0v) is 52.2. The number of amides is 4. The standard InChI is InChI=1S/C25H38BrN2O11P.C14H16BrNO5.C11H22NO6P/c1-24(2,15-25(3,26)23(32)36-13-14-38-40(33,34)37-12-10-28(4,5)6)22(31)35-11-9-27-20(29)18-16-7-8-17(39-16)19(18)21(27)30;1-14(2,15)13(19)20-6-5-16-11(17)9-7-3-4-8(21-7)10(9)12(16)18;1-10(2)11(13)16-8-9-18-19(14,15)17-7-6-12(3,4)5/h7-8,16-19H,9-15H2,1-6H3;3-4,7-10H,5-6H2,1-2H3;1,6-9H2,2-5H3. The first-order valence-electron chi connectivity index (χ1n) is 25.6. The monoisotopic (exact) mass is 1300 g/mol. The van der Waals surface area contributed by atoms with E-state index in [1.54, 1.807) is 39.8 Å². The molecular formula is C50H76Br2N4O22P2. The van der Waals surface area contributed by atoms with Gasteiger partial charge in [0.25, 0.3) is 15.6 Å². The van der Waals surface area contributed by atoms with Gasteiger partial charge in [0.05, 0.1) is 122 Å². The molecule has 6 heterocycles. The molecule has 6 aliphatic heterocycles. The summed E-state index contributed by atoms with van der Waals surface area (Å²) in [6, 6.07) is 0. The lowest BCUT2D eigenvalue weighted by Crippen LogP contribution is -2.41. The number of imide groups is 2. The van der Waals surface area contributed by atoms with Crippen LogP contribution in [0.1, 0.15) is 48.0 Å². The van der Waals surface area contributed by atoms with Crippen LogP contribution in [0.4, 0.5) is 0 Å². The average Bonchev–Trinajstić information content (AvgIpc) is 4.20. The summed E-state index contributed by atoms with van der Waals surface area (Å²) in [7, 11) is 2.52. The minimum Gasteiger partial charge on any atom is -0.756 e. The number of alkyl halides is 2. The Hall–Kier alpha value is -3.60. The molecular weight excluding hydrogens is 1230 g/mol. The summed E-state index contributed by atoms with van der Waals surface area (Å²) in [4.78, 5) is 124. The van der Waals surface area contributed by atoms with Gasteiger partial charge in [0.1, 0.15) is 61.4 Å². The molecule has 452 valence electrons. The van der Waals surface area contributed by atoms with Gasteiger partial charge in [-0.15, -0.1) is 0 Å². The van der Waals surface area contributed by atoms with Crippen molar-refractivity contribution < 1.29 is 113 Å². The molecule has 80 heavy (non-hydrogen) atoms. The van der Waals surface area contributed by atoms with Crippen molar-refractivity contribution in [1.82, 2.24) is 9.80 Å². The average molecular weight is 1310 g/mol. The van der Waals surface area contributed by atoms with Crippen LogP contribution in [0.5, 0.6) is 0 Å². The van der Waals surface area contributed by atoms with E-state index in [1.807, 2.05) is 54.4 Å². The molecule has 4 saturated heterocycles. The smallest absolute Gasteiger partial charge is 0.333 e. The molecule has 30 heteroatoms. The molecule has 0 aliphatic carbocycles. The Morgan fingerprint density at radius 2 is 0.887 bits per heavy atom. The SMILES string of the molecule is C=C(C)C(=O)OCCOP(=O)([O-])OCC[N+](C)(C)C.CC(C)(Br)C(=O)OCCN1C(=O)C2C3C=CC(O3)C2C1=O.CC(C)(CC(C)(Br)C(=O)OCCOP(=O)([O-])OCC[N+](C)(C)C)C(=O)OCCN1C(=O)C2C3C=CC(O3)C2C1=O. The summed E-state index contributed by atoms with van der Waals surface area (Å²) in [5.41, 5.74) is -0.908. The summed E-state index contributed by atoms with van der Waals surface area (Å²) in [5, 5.41) is 0. The van der Waals surface area contributed by atoms with Gasteiger partial charge in [-0.1, -0.05) is 62.7 Å². The highest BCUT2D eigenvalue weighted by molar-refractivity contribution is 9.10. The summed E-state index contributed by atoms with van der Waals surface area (Å²) in [6.07, 6.45) is 5.89. The molecule has 0 N–H and O–H groups in total. The van der Waals surface area contributed by atoms with Gasteiger partial charge in [0, 0.05) is 5.57 Å². The second-order valence-electron chi connectivity index (χ2n) is 23.0. The number of fused-ring (bicyclic) bond motifs is 10. The lowest BCUT2D eigenvalue weighted by atomic mass is 9.83. The molecule has 4 fully saturated rings. The second-order valence-corrected chi connectivity index (χ2v) is 29.5. The lowest BCUT2D eigenvalue weighted by Gasteiger charge is -2.30. The van der Waals surface area contributed by atoms with Crippen LogP contribution >= 0.6 is 47.5 Å². The van der Waals surface area contributed by atoms with Crippen molar-refractivity contribution in [1.29, 1.82) is 0 Å². The maximum absolute atomic E-state index is 12.8. The molecule has 4 bridgehead atoms. The number of nitrogens with zero attached hydrogens (tertiary/aromatic N) is 4. The molecule has 0 aromatic carbocycles. The van der Waals surface area contributed by atoms with Crippen molar-refractivity contribution in [3.8, 4) is 0 Å². The van der Waals surface area contributed by atoms with Gasteiger partial charge in [-0.25, -0.2) is 4.79 Å². The summed E-state index contributed by atoms with van der Waals surface area (Å²) in [5.74, 6) is -5.34. The number of halogens is 2. The first kappa shape index (κ1) is 68.9. The fraction of sp³-hybridized carbons (Fsp3) is 0.720. The normalized spacial score (nSPS) is 25.9. The van der Waals surface area contributed by atoms with Crippen molar-refractivity contribution in [3.63, 3.8) is 0 Å². The second kappa shape index (κ2) is 27.9. The molecule has 26 nitrogen and oxygen atoms in total. The number of carbonyl (C=O) groups is 8. The van der Waals surface area contributed by atoms with Crippen LogP contribution in [0.3, 0.4) is 0 Å². The third-order valence-corrected chi connectivity index (χ3v) is 15.8. The number of hydrogen-bond donors (Lipinski definition) is 0. The van der Waals surface area contributed by atoms with Gasteiger partial charge in [-0.05, 0) is 48.0 Å². The fourth-order valence-corrected chi connectivity index (χ4v) is 11.0. The van der Waals surface area contributed by atoms with Gasteiger partial charge >= 0.3 is 23.9 Å². The van der Waals surface area contributed by atoms with Gasteiger partial charge in [0.15, 0.2) is 0 Å². The first-order chi connectivity index (χ1) is 36.7. The molecule has 6 rings (SSSR count). The molecule has 0 saturated carbocycles. The predicted octanol–water partition coefficient (Wildman–Crippen LogP) is 1.74. The Kier molecular flexibility index (Phi) is 24.0. The van der Waals surface area contributed by atoms with Crippen LogP contribution < -0.4 is 9.79 Å². The van der Waals surface area contributed by atoms with Crippen LogP contribution in [0, 0.1) is 29.1 Å². The number of quaternary nitrogens is 2. The minimum atomic E-state index is -4.54. The van der Waals surface area contributed by atoms with Crippen molar-refractivity contribution in [2.24, 2.45) is 29.1 Å². The van der Waals surface area contributed by atoms with E-state index in [2.05, 4.69) is 52.2 Å². The van der Waals surface area contributed by atoms with Crippen LogP contribution in [0.25, 0.3) is 0 Å². The molecule has 4 amide bonds. The van der Waals surface area contributed by atoms with E-state index >= 15 is 0 Å². The quantitative estimate of drug-likeness (QED) is 0.0124. The highest BCUT2D eigenvalue weighted by Crippen LogP contribution is 2.47. The van der Waals surface area contributed by atoms with Crippen LogP contribution in [-0.2, 0) is 94.0 Å². The van der Waals surface area contributed by atoms with Gasteiger partial charge in [0.2, 0.25) is 23.6 Å². The number of likely N-dealkylation sites (tertiary alicyclic amines) is 2. The van der Waals surface area contributed by atoms with E-state index in [0.29, 0.717) is 22.1 Å². The third-order valence-electron chi connectivity index (χ3n) is 12.8. The Balaban J connectivity index is 0.000000288. The molecule has 0 aromatic rings. The third kappa shape index (κ3) is 19.8. The Morgan fingerprint density at radius 3 is 1.23 bits per heavy atom.